The Balaban J connectivity index is 1.63. The van der Waals surface area contributed by atoms with Crippen molar-refractivity contribution in [2.75, 3.05) is 5.32 Å². The van der Waals surface area contributed by atoms with Crippen LogP contribution in [0.1, 0.15) is 33.8 Å². The normalized spacial score (nSPS) is 11.4. The zero-order valence-corrected chi connectivity index (χ0v) is 16.8. The van der Waals surface area contributed by atoms with Gasteiger partial charge in [0.25, 0.3) is 11.8 Å². The van der Waals surface area contributed by atoms with E-state index in [2.05, 4.69) is 10.6 Å². The van der Waals surface area contributed by atoms with Gasteiger partial charge in [-0.25, -0.2) is 4.79 Å². The van der Waals surface area contributed by atoms with Crippen LogP contribution in [0.15, 0.2) is 71.3 Å². The number of carboxylic acids is 2. The van der Waals surface area contributed by atoms with Gasteiger partial charge in [-0.05, 0) is 53.9 Å². The third kappa shape index (κ3) is 5.82. The van der Waals surface area contributed by atoms with Crippen LogP contribution in [0.3, 0.4) is 0 Å². The zero-order valence-electron chi connectivity index (χ0n) is 16.8. The van der Waals surface area contributed by atoms with E-state index < -0.39 is 23.9 Å². The van der Waals surface area contributed by atoms with E-state index in [1.165, 1.54) is 6.26 Å². The fraction of sp³-hybridized carbons (Fsp3) is 0.130. The molecule has 32 heavy (non-hydrogen) atoms. The lowest BCUT2D eigenvalue weighted by Crippen LogP contribution is -2.41. The maximum absolute atomic E-state index is 12.3. The molecule has 2 aromatic carbocycles. The van der Waals surface area contributed by atoms with Gasteiger partial charge in [0.2, 0.25) is 0 Å². The number of nitrogens with one attached hydrogen (secondary N) is 2. The number of carboxylic acid groups (broad SMARTS) is 2. The van der Waals surface area contributed by atoms with E-state index in [0.717, 1.165) is 11.1 Å². The third-order valence-electron chi connectivity index (χ3n) is 4.62. The topological polar surface area (TPSA) is 146 Å². The lowest BCUT2D eigenvalue weighted by atomic mass is 10.0. The highest BCUT2D eigenvalue weighted by Crippen LogP contribution is 2.22. The standard InChI is InChI=1S/C23H20N2O7/c26-20(27)12-11-18(23(30)31)25-21(28)16-5-3-14(4-6-16)15-7-9-17(10-8-15)24-22(29)19-2-1-13-32-19/h1-10,13,18H,11-12H2,(H,24,29)(H,25,28)(H,26,27)(H,30,31)/t18-/m0/s1. The van der Waals surface area contributed by atoms with Crippen molar-refractivity contribution in [1.29, 1.82) is 0 Å². The Bertz CT molecular complexity index is 1100. The van der Waals surface area contributed by atoms with Crippen LogP contribution >= 0.6 is 0 Å². The fourth-order valence-electron chi connectivity index (χ4n) is 2.93. The van der Waals surface area contributed by atoms with Gasteiger partial charge in [0.1, 0.15) is 6.04 Å². The second-order valence-corrected chi connectivity index (χ2v) is 6.88. The molecule has 1 aromatic heterocycles. The molecule has 1 heterocycles. The summed E-state index contributed by atoms with van der Waals surface area (Å²) in [5, 5.41) is 22.9. The number of rotatable bonds is 9. The van der Waals surface area contributed by atoms with Gasteiger partial charge in [-0.2, -0.15) is 0 Å². The van der Waals surface area contributed by atoms with E-state index in [1.807, 2.05) is 0 Å². The van der Waals surface area contributed by atoms with Crippen molar-refractivity contribution in [3.63, 3.8) is 0 Å². The number of hydrogen-bond donors (Lipinski definition) is 4. The first-order chi connectivity index (χ1) is 15.3. The number of aliphatic carboxylic acids is 2. The summed E-state index contributed by atoms with van der Waals surface area (Å²) in [6.45, 7) is 0. The molecule has 0 saturated heterocycles. The number of carbonyl (C=O) groups is 4. The Labute approximate surface area is 182 Å². The summed E-state index contributed by atoms with van der Waals surface area (Å²) in [7, 11) is 0. The number of furan rings is 1. The monoisotopic (exact) mass is 436 g/mol. The lowest BCUT2D eigenvalue weighted by molar-refractivity contribution is -0.140. The van der Waals surface area contributed by atoms with Crippen LogP contribution < -0.4 is 10.6 Å². The largest absolute Gasteiger partial charge is 0.481 e. The molecule has 0 spiro atoms. The second-order valence-electron chi connectivity index (χ2n) is 6.88. The lowest BCUT2D eigenvalue weighted by Gasteiger charge is -2.13. The number of benzene rings is 2. The Hall–Kier alpha value is -4.40. The Kier molecular flexibility index (Phi) is 7.02. The molecule has 0 unspecified atom stereocenters. The van der Waals surface area contributed by atoms with Crippen LogP contribution in [0.2, 0.25) is 0 Å². The molecular formula is C23H20N2O7. The maximum atomic E-state index is 12.3. The highest BCUT2D eigenvalue weighted by atomic mass is 16.4. The summed E-state index contributed by atoms with van der Waals surface area (Å²) in [5.41, 5.74) is 2.49. The van der Waals surface area contributed by atoms with Crippen molar-refractivity contribution in [1.82, 2.24) is 5.32 Å². The van der Waals surface area contributed by atoms with Crippen LogP contribution in [-0.2, 0) is 9.59 Å². The SMILES string of the molecule is O=C(O)CC[C@H](NC(=O)c1ccc(-c2ccc(NC(=O)c3ccco3)cc2)cc1)C(=O)O. The van der Waals surface area contributed by atoms with Crippen molar-refractivity contribution in [3.05, 3.63) is 78.3 Å². The molecule has 0 aliphatic carbocycles. The minimum atomic E-state index is -1.30. The summed E-state index contributed by atoms with van der Waals surface area (Å²) in [6, 6.07) is 15.5. The van der Waals surface area contributed by atoms with Gasteiger partial charge >= 0.3 is 11.9 Å². The summed E-state index contributed by atoms with van der Waals surface area (Å²) in [6.07, 6.45) is 0.839. The first kappa shape index (κ1) is 22.3. The van der Waals surface area contributed by atoms with Crippen molar-refractivity contribution in [3.8, 4) is 11.1 Å². The number of hydrogen-bond acceptors (Lipinski definition) is 5. The van der Waals surface area contributed by atoms with E-state index in [1.54, 1.807) is 60.7 Å². The molecule has 0 radical (unpaired) electrons. The van der Waals surface area contributed by atoms with Gasteiger partial charge in [0.05, 0.1) is 6.26 Å². The minimum Gasteiger partial charge on any atom is -0.481 e. The minimum absolute atomic E-state index is 0.205. The molecule has 1 atom stereocenters. The quantitative estimate of drug-likeness (QED) is 0.403. The molecule has 9 nitrogen and oxygen atoms in total. The Morgan fingerprint density at radius 3 is 2.00 bits per heavy atom. The van der Waals surface area contributed by atoms with Gasteiger partial charge < -0.3 is 25.3 Å². The van der Waals surface area contributed by atoms with E-state index in [9.17, 15) is 19.2 Å². The summed E-state index contributed by atoms with van der Waals surface area (Å²) >= 11 is 0. The summed E-state index contributed by atoms with van der Waals surface area (Å²) in [5.74, 6) is -3.20. The number of amides is 2. The van der Waals surface area contributed by atoms with Gasteiger partial charge in [0.15, 0.2) is 5.76 Å². The van der Waals surface area contributed by atoms with E-state index >= 15 is 0 Å². The zero-order chi connectivity index (χ0) is 23.1. The molecule has 0 bridgehead atoms. The van der Waals surface area contributed by atoms with E-state index in [-0.39, 0.29) is 30.1 Å². The van der Waals surface area contributed by atoms with Crippen LogP contribution in [0, 0.1) is 0 Å². The molecule has 9 heteroatoms. The van der Waals surface area contributed by atoms with Crippen molar-refractivity contribution in [2.24, 2.45) is 0 Å². The van der Waals surface area contributed by atoms with Crippen molar-refractivity contribution in [2.45, 2.75) is 18.9 Å². The van der Waals surface area contributed by atoms with Gasteiger partial charge in [-0.15, -0.1) is 0 Å². The number of carbonyl (C=O) groups excluding carboxylic acids is 2. The van der Waals surface area contributed by atoms with Gasteiger partial charge in [-0.1, -0.05) is 24.3 Å². The van der Waals surface area contributed by atoms with E-state index in [4.69, 9.17) is 14.6 Å². The van der Waals surface area contributed by atoms with Crippen LogP contribution in [0.5, 0.6) is 0 Å². The fourth-order valence-corrected chi connectivity index (χ4v) is 2.93. The van der Waals surface area contributed by atoms with Crippen molar-refractivity contribution < 1.29 is 33.8 Å². The molecule has 4 N–H and O–H groups in total. The molecular weight excluding hydrogens is 416 g/mol. The Morgan fingerprint density at radius 2 is 1.47 bits per heavy atom. The second kappa shape index (κ2) is 10.1. The van der Waals surface area contributed by atoms with Crippen LogP contribution in [0.4, 0.5) is 5.69 Å². The predicted octanol–water partition coefficient (Wildman–Crippen LogP) is 3.25. The molecule has 164 valence electrons. The summed E-state index contributed by atoms with van der Waals surface area (Å²) < 4.78 is 5.05. The highest BCUT2D eigenvalue weighted by Gasteiger charge is 2.21. The smallest absolute Gasteiger partial charge is 0.326 e. The van der Waals surface area contributed by atoms with Crippen LogP contribution in [-0.4, -0.2) is 40.0 Å². The van der Waals surface area contributed by atoms with Crippen molar-refractivity contribution >= 4 is 29.4 Å². The molecule has 0 saturated carbocycles. The number of anilines is 1. The van der Waals surface area contributed by atoms with Gasteiger partial charge in [-0.3, -0.25) is 14.4 Å². The summed E-state index contributed by atoms with van der Waals surface area (Å²) in [4.78, 5) is 46.2. The average molecular weight is 436 g/mol. The molecule has 0 fully saturated rings. The highest BCUT2D eigenvalue weighted by molar-refractivity contribution is 6.02. The molecule has 0 aliphatic heterocycles. The first-order valence-corrected chi connectivity index (χ1v) is 9.64. The third-order valence-corrected chi connectivity index (χ3v) is 4.62. The average Bonchev–Trinajstić information content (AvgIpc) is 3.32. The predicted molar refractivity (Wildman–Crippen MR) is 114 cm³/mol. The first-order valence-electron chi connectivity index (χ1n) is 9.64. The van der Waals surface area contributed by atoms with E-state index in [0.29, 0.717) is 5.69 Å². The molecule has 3 aromatic rings. The molecule has 0 aliphatic rings. The maximum Gasteiger partial charge on any atom is 0.326 e. The van der Waals surface area contributed by atoms with Crippen LogP contribution in [0.25, 0.3) is 11.1 Å². The van der Waals surface area contributed by atoms with Gasteiger partial charge in [0, 0.05) is 17.7 Å². The molecule has 3 rings (SSSR count). The molecule has 2 amide bonds. The Morgan fingerprint density at radius 1 is 0.844 bits per heavy atom.